The average molecular weight is 307 g/mol. The van der Waals surface area contributed by atoms with Crippen LogP contribution in [0.4, 0.5) is 5.69 Å². The molecule has 1 saturated heterocycles. The van der Waals surface area contributed by atoms with Crippen molar-refractivity contribution in [3.8, 4) is 0 Å². The highest BCUT2D eigenvalue weighted by atomic mass is 32.2. The van der Waals surface area contributed by atoms with E-state index in [-0.39, 0.29) is 23.1 Å². The highest BCUT2D eigenvalue weighted by Gasteiger charge is 2.27. The van der Waals surface area contributed by atoms with E-state index in [0.29, 0.717) is 6.54 Å². The molecule has 1 aliphatic rings. The third-order valence-corrected chi connectivity index (χ3v) is 4.47. The van der Waals surface area contributed by atoms with Gasteiger partial charge < -0.3 is 16.0 Å². The maximum Gasteiger partial charge on any atom is 0.235 e. The quantitative estimate of drug-likeness (QED) is 0.830. The number of carbonyl (C=O) groups excluding carboxylic acids is 2. The van der Waals surface area contributed by atoms with Crippen LogP contribution in [0.25, 0.3) is 0 Å². The van der Waals surface area contributed by atoms with Crippen molar-refractivity contribution in [1.29, 1.82) is 0 Å². The average Bonchev–Trinajstić information content (AvgIpc) is 2.86. The highest BCUT2D eigenvalue weighted by molar-refractivity contribution is 8.00. The first-order valence-electron chi connectivity index (χ1n) is 7.04. The molecule has 0 aliphatic carbocycles. The van der Waals surface area contributed by atoms with Crippen LogP contribution in [0.1, 0.15) is 20.3 Å². The minimum atomic E-state index is -0.137. The number of benzene rings is 1. The van der Waals surface area contributed by atoms with E-state index in [1.165, 1.54) is 18.7 Å². The van der Waals surface area contributed by atoms with Gasteiger partial charge in [0.1, 0.15) is 0 Å². The van der Waals surface area contributed by atoms with Gasteiger partial charge in [-0.25, -0.2) is 0 Å². The number of carbonyl (C=O) groups is 2. The molecular weight excluding hydrogens is 286 g/mol. The van der Waals surface area contributed by atoms with Gasteiger partial charge in [0.25, 0.3) is 0 Å². The molecule has 0 aromatic heterocycles. The Balaban J connectivity index is 1.91. The Labute approximate surface area is 129 Å². The van der Waals surface area contributed by atoms with Crippen molar-refractivity contribution >= 4 is 29.3 Å². The molecular formula is C15H21N3O2S. The molecule has 0 spiro atoms. The van der Waals surface area contributed by atoms with E-state index in [0.717, 1.165) is 23.5 Å². The topological polar surface area (TPSA) is 75.4 Å². The molecule has 2 amide bonds. The summed E-state index contributed by atoms with van der Waals surface area (Å²) in [5.41, 5.74) is 6.60. The number of anilines is 1. The minimum Gasteiger partial charge on any atom is -0.340 e. The number of nitrogens with one attached hydrogen (secondary N) is 1. The van der Waals surface area contributed by atoms with Crippen molar-refractivity contribution in [2.45, 2.75) is 36.5 Å². The van der Waals surface area contributed by atoms with Gasteiger partial charge >= 0.3 is 0 Å². The van der Waals surface area contributed by atoms with Crippen LogP contribution in [0, 0.1) is 0 Å². The van der Waals surface area contributed by atoms with Crippen LogP contribution in [0.3, 0.4) is 0 Å². The smallest absolute Gasteiger partial charge is 0.235 e. The SMILES string of the molecule is CC(=O)Nc1ccc(SC(C)C(=O)N2CC[C@@H](N)C2)cc1. The maximum absolute atomic E-state index is 12.3. The molecule has 1 aromatic rings. The molecule has 2 rings (SSSR count). The first kappa shape index (κ1) is 15.9. The molecule has 1 aromatic carbocycles. The Bertz CT molecular complexity index is 518. The Morgan fingerprint density at radius 3 is 2.57 bits per heavy atom. The summed E-state index contributed by atoms with van der Waals surface area (Å²) in [6.45, 7) is 4.81. The Morgan fingerprint density at radius 2 is 2.05 bits per heavy atom. The largest absolute Gasteiger partial charge is 0.340 e. The molecule has 0 saturated carbocycles. The zero-order valence-electron chi connectivity index (χ0n) is 12.3. The van der Waals surface area contributed by atoms with Crippen molar-refractivity contribution in [3.05, 3.63) is 24.3 Å². The number of hydrogen-bond acceptors (Lipinski definition) is 4. The van der Waals surface area contributed by atoms with Gasteiger partial charge in [-0.3, -0.25) is 9.59 Å². The van der Waals surface area contributed by atoms with Gasteiger partial charge in [0.05, 0.1) is 5.25 Å². The number of rotatable bonds is 4. The lowest BCUT2D eigenvalue weighted by Crippen LogP contribution is -2.36. The molecule has 6 heteroatoms. The zero-order chi connectivity index (χ0) is 15.4. The van der Waals surface area contributed by atoms with Crippen LogP contribution >= 0.6 is 11.8 Å². The van der Waals surface area contributed by atoms with E-state index >= 15 is 0 Å². The number of hydrogen-bond donors (Lipinski definition) is 2. The summed E-state index contributed by atoms with van der Waals surface area (Å²) in [4.78, 5) is 26.1. The number of nitrogens with zero attached hydrogens (tertiary/aromatic N) is 1. The van der Waals surface area contributed by atoms with Crippen molar-refractivity contribution in [1.82, 2.24) is 4.90 Å². The molecule has 0 radical (unpaired) electrons. The second-order valence-corrected chi connectivity index (χ2v) is 6.71. The minimum absolute atomic E-state index is 0.0932. The van der Waals surface area contributed by atoms with E-state index in [1.807, 2.05) is 36.1 Å². The molecule has 1 fully saturated rings. The summed E-state index contributed by atoms with van der Waals surface area (Å²) in [5.74, 6) is 0.0446. The van der Waals surface area contributed by atoms with Crippen molar-refractivity contribution in [2.75, 3.05) is 18.4 Å². The summed E-state index contributed by atoms with van der Waals surface area (Å²) in [6, 6.07) is 7.62. The number of likely N-dealkylation sites (tertiary alicyclic amines) is 1. The fraction of sp³-hybridized carbons (Fsp3) is 0.467. The van der Waals surface area contributed by atoms with Crippen molar-refractivity contribution in [2.24, 2.45) is 5.73 Å². The van der Waals surface area contributed by atoms with Gasteiger partial charge in [0, 0.05) is 36.6 Å². The van der Waals surface area contributed by atoms with Crippen molar-refractivity contribution in [3.63, 3.8) is 0 Å². The summed E-state index contributed by atoms with van der Waals surface area (Å²) >= 11 is 1.52. The van der Waals surface area contributed by atoms with Crippen LogP contribution in [-0.4, -0.2) is 41.1 Å². The predicted molar refractivity (Wildman–Crippen MR) is 85.2 cm³/mol. The summed E-state index contributed by atoms with van der Waals surface area (Å²) in [5, 5.41) is 2.58. The predicted octanol–water partition coefficient (Wildman–Crippen LogP) is 1.69. The molecule has 5 nitrogen and oxygen atoms in total. The Kier molecular flexibility index (Phi) is 5.25. The van der Waals surface area contributed by atoms with Crippen molar-refractivity contribution < 1.29 is 9.59 Å². The van der Waals surface area contributed by atoms with Gasteiger partial charge in [-0.05, 0) is 37.6 Å². The van der Waals surface area contributed by atoms with E-state index in [9.17, 15) is 9.59 Å². The number of amides is 2. The second-order valence-electron chi connectivity index (χ2n) is 5.30. The third kappa shape index (κ3) is 4.47. The van der Waals surface area contributed by atoms with Crippen LogP contribution < -0.4 is 11.1 Å². The lowest BCUT2D eigenvalue weighted by molar-refractivity contribution is -0.129. The van der Waals surface area contributed by atoms with Gasteiger partial charge in [-0.1, -0.05) is 0 Å². The number of thioether (sulfide) groups is 1. The zero-order valence-corrected chi connectivity index (χ0v) is 13.2. The fourth-order valence-corrected chi connectivity index (χ4v) is 3.27. The maximum atomic E-state index is 12.3. The molecule has 1 aliphatic heterocycles. The van der Waals surface area contributed by atoms with Gasteiger partial charge in [0.2, 0.25) is 11.8 Å². The first-order valence-corrected chi connectivity index (χ1v) is 7.92. The highest BCUT2D eigenvalue weighted by Crippen LogP contribution is 2.26. The van der Waals surface area contributed by atoms with Gasteiger partial charge in [-0.15, -0.1) is 11.8 Å². The standard InChI is InChI=1S/C15H21N3O2S/c1-10(15(20)18-8-7-12(16)9-18)21-14-5-3-13(4-6-14)17-11(2)19/h3-6,10,12H,7-9,16H2,1-2H3,(H,17,19)/t10?,12-/m1/s1. The monoisotopic (exact) mass is 307 g/mol. The Morgan fingerprint density at radius 1 is 1.38 bits per heavy atom. The molecule has 21 heavy (non-hydrogen) atoms. The molecule has 114 valence electrons. The lowest BCUT2D eigenvalue weighted by atomic mass is 10.3. The van der Waals surface area contributed by atoms with Gasteiger partial charge in [-0.2, -0.15) is 0 Å². The second kappa shape index (κ2) is 6.95. The lowest BCUT2D eigenvalue weighted by Gasteiger charge is -2.20. The Hall–Kier alpha value is -1.53. The fourth-order valence-electron chi connectivity index (χ4n) is 2.32. The summed E-state index contributed by atoms with van der Waals surface area (Å²) in [6.07, 6.45) is 0.883. The molecule has 2 atom stereocenters. The van der Waals surface area contributed by atoms with Crippen LogP contribution in [0.5, 0.6) is 0 Å². The molecule has 1 heterocycles. The third-order valence-electron chi connectivity index (χ3n) is 3.37. The van der Waals surface area contributed by atoms with Crippen LogP contribution in [0.2, 0.25) is 0 Å². The molecule has 1 unspecified atom stereocenters. The van der Waals surface area contributed by atoms with E-state index in [4.69, 9.17) is 5.73 Å². The van der Waals surface area contributed by atoms with Gasteiger partial charge in [0.15, 0.2) is 0 Å². The summed E-state index contributed by atoms with van der Waals surface area (Å²) < 4.78 is 0. The van der Waals surface area contributed by atoms with Crippen LogP contribution in [0.15, 0.2) is 29.2 Å². The summed E-state index contributed by atoms with van der Waals surface area (Å²) in [7, 11) is 0. The van der Waals surface area contributed by atoms with Crippen LogP contribution in [-0.2, 0) is 9.59 Å². The first-order chi connectivity index (χ1) is 9.95. The van der Waals surface area contributed by atoms with E-state index in [2.05, 4.69) is 5.32 Å². The van der Waals surface area contributed by atoms with E-state index < -0.39 is 0 Å². The number of nitrogens with two attached hydrogens (primary N) is 1. The molecule has 3 N–H and O–H groups in total. The normalized spacial score (nSPS) is 19.4. The van der Waals surface area contributed by atoms with E-state index in [1.54, 1.807) is 0 Å². The molecule has 0 bridgehead atoms.